The van der Waals surface area contributed by atoms with Crippen molar-refractivity contribution in [1.29, 1.82) is 0 Å². The molecule has 0 spiro atoms. The predicted molar refractivity (Wildman–Crippen MR) is 78.2 cm³/mol. The molecule has 0 fully saturated rings. The maximum absolute atomic E-state index is 13.6. The Bertz CT molecular complexity index is 556. The first-order valence-corrected chi connectivity index (χ1v) is 7.41. The van der Waals surface area contributed by atoms with Gasteiger partial charge in [-0.1, -0.05) is 18.5 Å². The number of hydrogen-bond acceptors (Lipinski definition) is 3. The van der Waals surface area contributed by atoms with Gasteiger partial charge < -0.3 is 5.32 Å². The van der Waals surface area contributed by atoms with Crippen LogP contribution in [0.4, 0.5) is 4.39 Å². The average Bonchev–Trinajstić information content (AvgIpc) is 2.88. The lowest BCUT2D eigenvalue weighted by atomic mass is 10.2. The van der Waals surface area contributed by atoms with Crippen molar-refractivity contribution in [2.45, 2.75) is 32.9 Å². The summed E-state index contributed by atoms with van der Waals surface area (Å²) in [5.41, 5.74) is 0.576. The van der Waals surface area contributed by atoms with Gasteiger partial charge in [-0.05, 0) is 31.5 Å². The normalized spacial score (nSPS) is 12.6. The van der Waals surface area contributed by atoms with E-state index in [2.05, 4.69) is 17.2 Å². The molecule has 0 radical (unpaired) electrons. The minimum absolute atomic E-state index is 0.101. The van der Waals surface area contributed by atoms with E-state index in [1.54, 1.807) is 23.5 Å². The summed E-state index contributed by atoms with van der Waals surface area (Å²) in [7, 11) is 0. The smallest absolute Gasteiger partial charge is 0.127 e. The number of aromatic nitrogens is 1. The Labute approximate surface area is 121 Å². The first-order chi connectivity index (χ1) is 9.10. The molecular weight excluding hydrogens is 283 g/mol. The molecule has 1 aromatic carbocycles. The average molecular weight is 299 g/mol. The number of aryl methyl sites for hydroxylation is 1. The van der Waals surface area contributed by atoms with Crippen molar-refractivity contribution in [3.63, 3.8) is 0 Å². The topological polar surface area (TPSA) is 24.9 Å². The van der Waals surface area contributed by atoms with Crippen LogP contribution in [0.15, 0.2) is 24.4 Å². The molecule has 5 heteroatoms. The van der Waals surface area contributed by atoms with Crippen LogP contribution in [-0.2, 0) is 13.0 Å². The van der Waals surface area contributed by atoms with Crippen molar-refractivity contribution in [2.75, 3.05) is 0 Å². The van der Waals surface area contributed by atoms with Gasteiger partial charge in [-0.15, -0.1) is 11.3 Å². The molecule has 1 N–H and O–H groups in total. The molecule has 1 heterocycles. The molecule has 2 rings (SSSR count). The van der Waals surface area contributed by atoms with E-state index in [-0.39, 0.29) is 11.9 Å². The second kappa shape index (κ2) is 6.46. The Balaban J connectivity index is 1.99. The molecule has 1 atom stereocenters. The molecule has 1 unspecified atom stereocenters. The van der Waals surface area contributed by atoms with Gasteiger partial charge in [0, 0.05) is 28.2 Å². The Hall–Kier alpha value is -0.970. The Morgan fingerprint density at radius 1 is 1.47 bits per heavy atom. The van der Waals surface area contributed by atoms with Crippen LogP contribution in [0.5, 0.6) is 0 Å². The highest BCUT2D eigenvalue weighted by Gasteiger charge is 2.11. The first kappa shape index (κ1) is 14.4. The molecule has 1 aromatic heterocycles. The van der Waals surface area contributed by atoms with E-state index in [0.717, 1.165) is 11.4 Å². The highest BCUT2D eigenvalue weighted by Crippen LogP contribution is 2.21. The van der Waals surface area contributed by atoms with E-state index in [4.69, 9.17) is 11.6 Å². The van der Waals surface area contributed by atoms with Gasteiger partial charge in [0.25, 0.3) is 0 Å². The summed E-state index contributed by atoms with van der Waals surface area (Å²) in [4.78, 5) is 5.64. The molecule has 0 aliphatic rings. The van der Waals surface area contributed by atoms with Crippen LogP contribution in [0, 0.1) is 5.82 Å². The van der Waals surface area contributed by atoms with Gasteiger partial charge >= 0.3 is 0 Å². The molecule has 102 valence electrons. The van der Waals surface area contributed by atoms with Crippen LogP contribution >= 0.6 is 22.9 Å². The van der Waals surface area contributed by atoms with Crippen molar-refractivity contribution in [1.82, 2.24) is 10.3 Å². The van der Waals surface area contributed by atoms with E-state index in [9.17, 15) is 4.39 Å². The van der Waals surface area contributed by atoms with Gasteiger partial charge in [0.2, 0.25) is 0 Å². The summed E-state index contributed by atoms with van der Waals surface area (Å²) in [6.07, 6.45) is 2.89. The second-order valence-electron chi connectivity index (χ2n) is 4.36. The highest BCUT2D eigenvalue weighted by atomic mass is 35.5. The van der Waals surface area contributed by atoms with Crippen molar-refractivity contribution in [3.8, 4) is 0 Å². The number of nitrogens with one attached hydrogen (secondary N) is 1. The number of rotatable bonds is 5. The van der Waals surface area contributed by atoms with E-state index in [1.165, 1.54) is 10.9 Å². The van der Waals surface area contributed by atoms with E-state index in [0.29, 0.717) is 17.1 Å². The van der Waals surface area contributed by atoms with Crippen LogP contribution in [0.25, 0.3) is 0 Å². The number of benzene rings is 1. The number of hydrogen-bond donors (Lipinski definition) is 1. The fraction of sp³-hybridized carbons (Fsp3) is 0.357. The summed E-state index contributed by atoms with van der Waals surface area (Å²) in [6, 6.07) is 4.69. The zero-order chi connectivity index (χ0) is 13.8. The number of halogens is 2. The van der Waals surface area contributed by atoms with E-state index >= 15 is 0 Å². The quantitative estimate of drug-likeness (QED) is 0.888. The monoisotopic (exact) mass is 298 g/mol. The summed E-state index contributed by atoms with van der Waals surface area (Å²) in [6.45, 7) is 4.58. The maximum atomic E-state index is 13.6. The maximum Gasteiger partial charge on any atom is 0.127 e. The fourth-order valence-electron chi connectivity index (χ4n) is 1.72. The molecule has 0 saturated heterocycles. The van der Waals surface area contributed by atoms with Gasteiger partial charge in [0.15, 0.2) is 0 Å². The lowest BCUT2D eigenvalue weighted by molar-refractivity contribution is 0.542. The number of thiazole rings is 1. The Kier molecular flexibility index (Phi) is 4.91. The molecule has 0 aliphatic carbocycles. The first-order valence-electron chi connectivity index (χ1n) is 6.22. The van der Waals surface area contributed by atoms with E-state index in [1.807, 2.05) is 13.1 Å². The molecule has 0 bridgehead atoms. The minimum Gasteiger partial charge on any atom is -0.304 e. The van der Waals surface area contributed by atoms with Gasteiger partial charge in [0.05, 0.1) is 6.04 Å². The summed E-state index contributed by atoms with van der Waals surface area (Å²) < 4.78 is 13.6. The SMILES string of the molecule is CCc1cnc(C(C)NCc2cc(Cl)ccc2F)s1. The van der Waals surface area contributed by atoms with Crippen molar-refractivity contribution < 1.29 is 4.39 Å². The van der Waals surface area contributed by atoms with Gasteiger partial charge in [-0.25, -0.2) is 9.37 Å². The van der Waals surface area contributed by atoms with Gasteiger partial charge in [-0.2, -0.15) is 0 Å². The number of nitrogens with zero attached hydrogens (tertiary/aromatic N) is 1. The largest absolute Gasteiger partial charge is 0.304 e. The molecule has 2 nitrogen and oxygen atoms in total. The third kappa shape index (κ3) is 3.75. The lowest BCUT2D eigenvalue weighted by Crippen LogP contribution is -2.18. The van der Waals surface area contributed by atoms with Gasteiger partial charge in [-0.3, -0.25) is 0 Å². The minimum atomic E-state index is -0.238. The van der Waals surface area contributed by atoms with Crippen LogP contribution < -0.4 is 5.32 Å². The third-order valence-electron chi connectivity index (χ3n) is 2.90. The second-order valence-corrected chi connectivity index (χ2v) is 5.94. The summed E-state index contributed by atoms with van der Waals surface area (Å²) in [5.74, 6) is -0.238. The van der Waals surface area contributed by atoms with Crippen LogP contribution in [0.2, 0.25) is 5.02 Å². The third-order valence-corrected chi connectivity index (χ3v) is 4.46. The molecule has 19 heavy (non-hydrogen) atoms. The zero-order valence-electron chi connectivity index (χ0n) is 10.9. The zero-order valence-corrected chi connectivity index (χ0v) is 12.5. The molecule has 2 aromatic rings. The van der Waals surface area contributed by atoms with Crippen molar-refractivity contribution in [3.05, 3.63) is 50.7 Å². The summed E-state index contributed by atoms with van der Waals surface area (Å²) in [5, 5.41) is 4.85. The Morgan fingerprint density at radius 3 is 2.95 bits per heavy atom. The van der Waals surface area contributed by atoms with Crippen LogP contribution in [-0.4, -0.2) is 4.98 Å². The lowest BCUT2D eigenvalue weighted by Gasteiger charge is -2.11. The van der Waals surface area contributed by atoms with Gasteiger partial charge in [0.1, 0.15) is 10.8 Å². The molecule has 0 saturated carbocycles. The van der Waals surface area contributed by atoms with Crippen LogP contribution in [0.3, 0.4) is 0 Å². The standard InChI is InChI=1S/C14H16ClFN2S/c1-3-12-8-18-14(19-12)9(2)17-7-10-6-11(15)4-5-13(10)16/h4-6,8-9,17H,3,7H2,1-2H3. The molecule has 0 aliphatic heterocycles. The fourth-order valence-corrected chi connectivity index (χ4v) is 2.79. The highest BCUT2D eigenvalue weighted by molar-refractivity contribution is 7.11. The molecule has 0 amide bonds. The summed E-state index contributed by atoms with van der Waals surface area (Å²) >= 11 is 7.56. The van der Waals surface area contributed by atoms with E-state index < -0.39 is 0 Å². The van der Waals surface area contributed by atoms with Crippen molar-refractivity contribution in [2.24, 2.45) is 0 Å². The van der Waals surface area contributed by atoms with Crippen molar-refractivity contribution >= 4 is 22.9 Å². The molecular formula is C14H16ClFN2S. The van der Waals surface area contributed by atoms with Crippen LogP contribution in [0.1, 0.15) is 35.3 Å². The Morgan fingerprint density at radius 2 is 2.26 bits per heavy atom. The predicted octanol–water partition coefficient (Wildman–Crippen LogP) is 4.35.